The average molecular weight is 520 g/mol. The maximum absolute atomic E-state index is 12.6. The van der Waals surface area contributed by atoms with Crippen LogP contribution in [-0.2, 0) is 9.53 Å². The van der Waals surface area contributed by atoms with Crippen LogP contribution in [0, 0.1) is 6.92 Å². The molecule has 0 saturated heterocycles. The number of hydrogen-bond donors (Lipinski definition) is 4. The van der Waals surface area contributed by atoms with Gasteiger partial charge in [0.05, 0.1) is 6.61 Å². The van der Waals surface area contributed by atoms with E-state index in [9.17, 15) is 14.4 Å². The summed E-state index contributed by atoms with van der Waals surface area (Å²) in [4.78, 5) is 35.6. The van der Waals surface area contributed by atoms with Crippen LogP contribution in [0.2, 0.25) is 0 Å². The molecule has 0 bridgehead atoms. The highest BCUT2D eigenvalue weighted by Gasteiger charge is 2.17. The molecule has 0 spiro atoms. The number of carbonyl (C=O) groups excluding carboxylic acids is 2. The predicted octanol–water partition coefficient (Wildman–Crippen LogP) is 6.97. The van der Waals surface area contributed by atoms with Crippen LogP contribution in [0.5, 0.6) is 5.75 Å². The zero-order valence-corrected chi connectivity index (χ0v) is 21.5. The number of aryl methyl sites for hydroxylation is 1. The van der Waals surface area contributed by atoms with Gasteiger partial charge in [0.15, 0.2) is 0 Å². The van der Waals surface area contributed by atoms with Crippen molar-refractivity contribution in [2.24, 2.45) is 0 Å². The van der Waals surface area contributed by atoms with Crippen molar-refractivity contribution in [3.05, 3.63) is 83.9 Å². The highest BCUT2D eigenvalue weighted by Crippen LogP contribution is 2.27. The van der Waals surface area contributed by atoms with Gasteiger partial charge in [0.2, 0.25) is 0 Å². The van der Waals surface area contributed by atoms with Gasteiger partial charge in [-0.3, -0.25) is 10.1 Å². The number of rotatable bonds is 12. The van der Waals surface area contributed by atoms with Crippen LogP contribution in [0.4, 0.5) is 26.7 Å². The minimum Gasteiger partial charge on any atom is -0.494 e. The highest BCUT2D eigenvalue weighted by molar-refractivity contribution is 6.00. The van der Waals surface area contributed by atoms with Gasteiger partial charge in [-0.15, -0.1) is 0 Å². The topological polar surface area (TPSA) is 126 Å². The summed E-state index contributed by atoms with van der Waals surface area (Å²) in [6.07, 6.45) is 0.783. The minimum atomic E-state index is -0.862. The monoisotopic (exact) mass is 519 g/mol. The Balaban J connectivity index is 1.53. The van der Waals surface area contributed by atoms with Gasteiger partial charge >= 0.3 is 18.1 Å². The molecule has 0 fully saturated rings. The van der Waals surface area contributed by atoms with Gasteiger partial charge in [0.1, 0.15) is 11.9 Å². The lowest BCUT2D eigenvalue weighted by molar-refractivity contribution is -0.137. The number of urea groups is 1. The van der Waals surface area contributed by atoms with Gasteiger partial charge in [-0.1, -0.05) is 43.7 Å². The largest absolute Gasteiger partial charge is 0.494 e. The van der Waals surface area contributed by atoms with Gasteiger partial charge in [-0.05, 0) is 73.4 Å². The number of anilines is 3. The van der Waals surface area contributed by atoms with Crippen molar-refractivity contribution in [3.8, 4) is 5.75 Å². The quantitative estimate of drug-likeness (QED) is 0.191. The van der Waals surface area contributed by atoms with Crippen molar-refractivity contribution in [1.29, 1.82) is 0 Å². The summed E-state index contributed by atoms with van der Waals surface area (Å²) in [6, 6.07) is 21.1. The van der Waals surface area contributed by atoms with Crippen LogP contribution in [0.1, 0.15) is 49.8 Å². The summed E-state index contributed by atoms with van der Waals surface area (Å²) >= 11 is 0. The zero-order chi connectivity index (χ0) is 27.3. The van der Waals surface area contributed by atoms with Crippen molar-refractivity contribution in [2.45, 2.75) is 45.6 Å². The Morgan fingerprint density at radius 3 is 2.29 bits per heavy atom. The van der Waals surface area contributed by atoms with Crippen molar-refractivity contribution >= 4 is 35.2 Å². The van der Waals surface area contributed by atoms with Gasteiger partial charge in [-0.25, -0.2) is 9.59 Å². The average Bonchev–Trinajstić information content (AvgIpc) is 2.89. The normalized spacial score (nSPS) is 11.2. The second kappa shape index (κ2) is 14.3. The third-order valence-corrected chi connectivity index (χ3v) is 5.62. The number of amides is 3. The fourth-order valence-corrected chi connectivity index (χ4v) is 3.69. The van der Waals surface area contributed by atoms with E-state index in [1.807, 2.05) is 50.2 Å². The third-order valence-electron chi connectivity index (χ3n) is 5.62. The number of benzene rings is 3. The van der Waals surface area contributed by atoms with E-state index < -0.39 is 18.2 Å². The number of carbonyl (C=O) groups is 3. The first-order chi connectivity index (χ1) is 18.3. The van der Waals surface area contributed by atoms with E-state index in [-0.39, 0.29) is 19.1 Å². The fraction of sp³-hybridized carbons (Fsp3) is 0.276. The van der Waals surface area contributed by atoms with Crippen LogP contribution >= 0.6 is 0 Å². The van der Waals surface area contributed by atoms with E-state index in [1.54, 1.807) is 36.4 Å². The molecule has 0 aliphatic rings. The molecule has 3 amide bonds. The molecule has 9 heteroatoms. The number of ether oxygens (including phenoxy) is 2. The molecule has 38 heavy (non-hydrogen) atoms. The van der Waals surface area contributed by atoms with E-state index in [0.29, 0.717) is 30.0 Å². The smallest absolute Gasteiger partial charge is 0.412 e. The molecule has 4 N–H and O–H groups in total. The molecular formula is C29H33N3O6. The first kappa shape index (κ1) is 28.0. The molecule has 0 heterocycles. The number of aliphatic carboxylic acids is 1. The maximum atomic E-state index is 12.6. The van der Waals surface area contributed by atoms with Gasteiger partial charge < -0.3 is 25.2 Å². The molecular weight excluding hydrogens is 486 g/mol. The summed E-state index contributed by atoms with van der Waals surface area (Å²) in [5.74, 6) is -0.271. The summed E-state index contributed by atoms with van der Waals surface area (Å²) in [5, 5.41) is 17.0. The van der Waals surface area contributed by atoms with Crippen molar-refractivity contribution in [1.82, 2.24) is 0 Å². The minimum absolute atomic E-state index is 0.0407. The second-order valence-electron chi connectivity index (χ2n) is 8.70. The molecule has 0 radical (unpaired) electrons. The summed E-state index contributed by atoms with van der Waals surface area (Å²) in [7, 11) is 0. The summed E-state index contributed by atoms with van der Waals surface area (Å²) < 4.78 is 11.4. The summed E-state index contributed by atoms with van der Waals surface area (Å²) in [6.45, 7) is 4.20. The lowest BCUT2D eigenvalue weighted by Gasteiger charge is -2.19. The van der Waals surface area contributed by atoms with Gasteiger partial charge in [-0.2, -0.15) is 0 Å². The Labute approximate surface area is 222 Å². The standard InChI is InChI=1S/C29H33N3O6/c1-3-8-26(21-10-6-11-24(19-21)37-18-7-13-27(33)34)38-29(36)31-23-16-14-22(15-17-23)30-28(35)32-25-12-5-4-9-20(25)2/h4-6,9-12,14-17,19,26H,3,7-8,13,18H2,1-2H3,(H,31,36)(H,33,34)(H2,30,32,35). The number of nitrogens with one attached hydrogen (secondary N) is 3. The van der Waals surface area contributed by atoms with Gasteiger partial charge in [0, 0.05) is 23.5 Å². The fourth-order valence-electron chi connectivity index (χ4n) is 3.69. The SMILES string of the molecule is CCCC(OC(=O)Nc1ccc(NC(=O)Nc2ccccc2C)cc1)c1cccc(OCCCC(=O)O)c1. The van der Waals surface area contributed by atoms with E-state index in [2.05, 4.69) is 16.0 Å². The first-order valence-electron chi connectivity index (χ1n) is 12.5. The van der Waals surface area contributed by atoms with Crippen molar-refractivity contribution in [3.63, 3.8) is 0 Å². The zero-order valence-electron chi connectivity index (χ0n) is 21.5. The molecule has 200 valence electrons. The summed E-state index contributed by atoms with van der Waals surface area (Å²) in [5.41, 5.74) is 3.56. The van der Waals surface area contributed by atoms with Crippen LogP contribution in [0.3, 0.4) is 0 Å². The molecule has 1 atom stereocenters. The highest BCUT2D eigenvalue weighted by atomic mass is 16.6. The van der Waals surface area contributed by atoms with Gasteiger partial charge in [0.25, 0.3) is 0 Å². The molecule has 0 saturated carbocycles. The third kappa shape index (κ3) is 9.16. The van der Waals surface area contributed by atoms with Crippen LogP contribution in [0.15, 0.2) is 72.8 Å². The molecule has 3 aromatic rings. The number of carboxylic acid groups (broad SMARTS) is 1. The Hall–Kier alpha value is -4.53. The molecule has 0 aromatic heterocycles. The van der Waals surface area contributed by atoms with Crippen LogP contribution in [0.25, 0.3) is 0 Å². The predicted molar refractivity (Wildman–Crippen MR) is 147 cm³/mol. The first-order valence-corrected chi connectivity index (χ1v) is 12.5. The van der Waals surface area contributed by atoms with Crippen LogP contribution < -0.4 is 20.7 Å². The Bertz CT molecular complexity index is 1230. The molecule has 0 aliphatic heterocycles. The molecule has 0 aliphatic carbocycles. The Morgan fingerprint density at radius 2 is 1.61 bits per heavy atom. The Morgan fingerprint density at radius 1 is 0.895 bits per heavy atom. The molecule has 3 aromatic carbocycles. The molecule has 1 unspecified atom stereocenters. The molecule has 3 rings (SSSR count). The second-order valence-corrected chi connectivity index (χ2v) is 8.70. The Kier molecular flexibility index (Phi) is 10.5. The van der Waals surface area contributed by atoms with E-state index in [1.165, 1.54) is 0 Å². The number of para-hydroxylation sites is 1. The van der Waals surface area contributed by atoms with Crippen LogP contribution in [-0.4, -0.2) is 29.8 Å². The lowest BCUT2D eigenvalue weighted by atomic mass is 10.0. The maximum Gasteiger partial charge on any atom is 0.412 e. The van der Waals surface area contributed by atoms with Crippen molar-refractivity contribution in [2.75, 3.05) is 22.6 Å². The van der Waals surface area contributed by atoms with E-state index in [0.717, 1.165) is 23.2 Å². The van der Waals surface area contributed by atoms with E-state index >= 15 is 0 Å². The van der Waals surface area contributed by atoms with E-state index in [4.69, 9.17) is 14.6 Å². The lowest BCUT2D eigenvalue weighted by Crippen LogP contribution is -2.20. The number of hydrogen-bond acceptors (Lipinski definition) is 5. The van der Waals surface area contributed by atoms with Crippen molar-refractivity contribution < 1.29 is 29.0 Å². The number of carboxylic acids is 1. The molecule has 9 nitrogen and oxygen atoms in total.